The number of hydrogen-bond donors (Lipinski definition) is 5. The van der Waals surface area contributed by atoms with E-state index in [-0.39, 0.29) is 66.8 Å². The van der Waals surface area contributed by atoms with E-state index in [2.05, 4.69) is 0 Å². The third-order valence-corrected chi connectivity index (χ3v) is 10.4. The molecule has 12 nitrogen and oxygen atoms in total. The van der Waals surface area contributed by atoms with Gasteiger partial charge in [-0.2, -0.15) is 0 Å². The monoisotopic (exact) mass is 828 g/mol. The van der Waals surface area contributed by atoms with E-state index in [1.54, 1.807) is 0 Å². The molecule has 0 unspecified atom stereocenters. The zero-order valence-corrected chi connectivity index (χ0v) is 31.0. The second-order valence-corrected chi connectivity index (χ2v) is 14.7. The highest BCUT2D eigenvalue weighted by atomic mass is 31.2. The molecule has 0 aliphatic carbocycles. The topological polar surface area (TPSA) is 205 Å². The third kappa shape index (κ3) is 7.49. The second-order valence-electron chi connectivity index (χ2n) is 13.4. The first-order chi connectivity index (χ1) is 27.7. The predicted molar refractivity (Wildman–Crippen MR) is 202 cm³/mol. The Morgan fingerprint density at radius 2 is 0.712 bits per heavy atom. The van der Waals surface area contributed by atoms with Crippen LogP contribution in [0.5, 0.6) is 11.5 Å². The average Bonchev–Trinajstić information content (AvgIpc) is 3.27. The Labute approximate surface area is 329 Å². The molecule has 0 amide bonds. The Morgan fingerprint density at radius 3 is 0.983 bits per heavy atom. The van der Waals surface area contributed by atoms with Crippen LogP contribution in [0.15, 0.2) is 84.9 Å². The van der Waals surface area contributed by atoms with Gasteiger partial charge in [0.25, 0.3) is 0 Å². The number of fused-ring (bicyclic) bond motifs is 3. The number of carbonyl (C=O) groups is 4. The Bertz CT molecular complexity index is 2630. The molecule has 0 spiro atoms. The summed E-state index contributed by atoms with van der Waals surface area (Å²) >= 11 is 0. The standard InChI is InChI=1S/C42H25F4O12P/c1-17-31(19-3-23(39(47)48)7-24(4-19)40(49)50)15-33(21-9-27(43)13-28(44)10-21)37-35(17)36-18(2)32(20-5-25(41(51)52)8-26(6-20)42(53)54)16-34(38(36)58-59(55,56)57-37)22-11-29(45)14-30(46)12-22/h3-16H,1-2H3,(H,47,48)(H,49,50)(H,51,52)(H,53,54)(H,55,56). The lowest BCUT2D eigenvalue weighted by Crippen LogP contribution is -2.05. The van der Waals surface area contributed by atoms with Gasteiger partial charge in [0.2, 0.25) is 0 Å². The van der Waals surface area contributed by atoms with E-state index < -0.39 is 88.7 Å². The summed E-state index contributed by atoms with van der Waals surface area (Å²) in [6.45, 7) is 2.83. The Hall–Kier alpha value is -7.29. The van der Waals surface area contributed by atoms with E-state index in [4.69, 9.17) is 9.05 Å². The first-order valence-corrected chi connectivity index (χ1v) is 18.5. The van der Waals surface area contributed by atoms with Crippen molar-refractivity contribution in [3.8, 4) is 67.1 Å². The molecule has 0 radical (unpaired) electrons. The normalized spacial score (nSPS) is 12.7. The average molecular weight is 829 g/mol. The second kappa shape index (κ2) is 14.6. The fourth-order valence-corrected chi connectivity index (χ4v) is 7.94. The van der Waals surface area contributed by atoms with Crippen LogP contribution in [0.3, 0.4) is 0 Å². The van der Waals surface area contributed by atoms with E-state index in [0.29, 0.717) is 12.1 Å². The fraction of sp³-hybridized carbons (Fsp3) is 0.0476. The molecule has 1 heterocycles. The molecule has 298 valence electrons. The van der Waals surface area contributed by atoms with Crippen molar-refractivity contribution in [1.29, 1.82) is 0 Å². The summed E-state index contributed by atoms with van der Waals surface area (Å²) in [7, 11) is -5.42. The fourth-order valence-electron chi connectivity index (χ4n) is 7.06. The maximum absolute atomic E-state index is 14.9. The highest BCUT2D eigenvalue weighted by molar-refractivity contribution is 7.48. The number of phosphoric acid groups is 1. The van der Waals surface area contributed by atoms with Crippen LogP contribution in [0.4, 0.5) is 17.6 Å². The highest BCUT2D eigenvalue weighted by Crippen LogP contribution is 2.62. The summed E-state index contributed by atoms with van der Waals surface area (Å²) in [4.78, 5) is 60.1. The van der Waals surface area contributed by atoms with Gasteiger partial charge in [0.05, 0.1) is 22.3 Å². The van der Waals surface area contributed by atoms with Crippen molar-refractivity contribution in [2.24, 2.45) is 0 Å². The quantitative estimate of drug-likeness (QED) is 0.0718. The van der Waals surface area contributed by atoms with Crippen LogP contribution in [0.2, 0.25) is 0 Å². The molecule has 0 saturated carbocycles. The number of hydrogen-bond acceptors (Lipinski definition) is 7. The van der Waals surface area contributed by atoms with Gasteiger partial charge in [0, 0.05) is 34.4 Å². The molecule has 6 aromatic rings. The lowest BCUT2D eigenvalue weighted by Gasteiger charge is -2.23. The molecule has 59 heavy (non-hydrogen) atoms. The van der Waals surface area contributed by atoms with Gasteiger partial charge >= 0.3 is 31.7 Å². The Morgan fingerprint density at radius 1 is 0.441 bits per heavy atom. The maximum atomic E-state index is 14.9. The van der Waals surface area contributed by atoms with Crippen molar-refractivity contribution >= 4 is 31.7 Å². The molecule has 0 fully saturated rings. The molecule has 0 saturated heterocycles. The van der Waals surface area contributed by atoms with Crippen molar-refractivity contribution in [3.63, 3.8) is 0 Å². The van der Waals surface area contributed by atoms with E-state index in [0.717, 1.165) is 60.7 Å². The smallest absolute Gasteiger partial charge is 0.478 e. The number of aromatic carboxylic acids is 4. The number of benzene rings is 6. The minimum Gasteiger partial charge on any atom is -0.478 e. The van der Waals surface area contributed by atoms with E-state index in [1.165, 1.54) is 26.0 Å². The van der Waals surface area contributed by atoms with Crippen LogP contribution in [0.25, 0.3) is 55.6 Å². The zero-order valence-electron chi connectivity index (χ0n) is 30.1. The largest absolute Gasteiger partial charge is 0.584 e. The summed E-state index contributed by atoms with van der Waals surface area (Å²) < 4.78 is 85.0. The van der Waals surface area contributed by atoms with Crippen molar-refractivity contribution < 1.29 is 75.7 Å². The third-order valence-electron chi connectivity index (χ3n) is 9.56. The minimum atomic E-state index is -5.42. The van der Waals surface area contributed by atoms with Gasteiger partial charge in [-0.05, 0) is 131 Å². The number of rotatable bonds is 8. The number of carboxylic acid groups (broad SMARTS) is 4. The van der Waals surface area contributed by atoms with Crippen molar-refractivity contribution in [3.05, 3.63) is 142 Å². The summed E-state index contributed by atoms with van der Waals surface area (Å²) in [5, 5.41) is 39.6. The first-order valence-electron chi connectivity index (χ1n) is 17.0. The Kier molecular flexibility index (Phi) is 9.87. The lowest BCUT2D eigenvalue weighted by atomic mass is 9.81. The van der Waals surface area contributed by atoms with Gasteiger partial charge in [0.1, 0.15) is 34.8 Å². The van der Waals surface area contributed by atoms with Gasteiger partial charge in [-0.15, -0.1) is 0 Å². The number of phosphoric ester groups is 1. The minimum absolute atomic E-state index is 0.00225. The summed E-state index contributed by atoms with van der Waals surface area (Å²) in [6.07, 6.45) is 0. The van der Waals surface area contributed by atoms with Crippen molar-refractivity contribution in [1.82, 2.24) is 0 Å². The Balaban J connectivity index is 1.73. The van der Waals surface area contributed by atoms with E-state index in [9.17, 15) is 66.6 Å². The van der Waals surface area contributed by atoms with Gasteiger partial charge in [-0.1, -0.05) is 0 Å². The van der Waals surface area contributed by atoms with Gasteiger partial charge in [-0.25, -0.2) is 41.3 Å². The molecule has 5 N–H and O–H groups in total. The molecule has 1 aliphatic rings. The van der Waals surface area contributed by atoms with Crippen LogP contribution in [-0.2, 0) is 4.57 Å². The molecule has 17 heteroatoms. The zero-order chi connectivity index (χ0) is 42.8. The molecule has 1 aliphatic heterocycles. The molecular weight excluding hydrogens is 803 g/mol. The molecule has 0 atom stereocenters. The molecular formula is C42H25F4O12P. The molecule has 6 aromatic carbocycles. The molecule has 7 rings (SSSR count). The predicted octanol–water partition coefficient (Wildman–Crippen LogP) is 9.86. The van der Waals surface area contributed by atoms with Gasteiger partial charge in [-0.3, -0.25) is 4.89 Å². The number of halogens is 4. The molecule has 0 bridgehead atoms. The summed E-state index contributed by atoms with van der Waals surface area (Å²) in [6, 6.07) is 13.1. The van der Waals surface area contributed by atoms with Crippen molar-refractivity contribution in [2.45, 2.75) is 13.8 Å². The van der Waals surface area contributed by atoms with Crippen molar-refractivity contribution in [2.75, 3.05) is 0 Å². The van der Waals surface area contributed by atoms with E-state index >= 15 is 0 Å². The summed E-state index contributed by atoms with van der Waals surface area (Å²) in [5.41, 5.74) is -3.51. The lowest BCUT2D eigenvalue weighted by molar-refractivity contribution is 0.0676. The maximum Gasteiger partial charge on any atom is 0.584 e. The highest BCUT2D eigenvalue weighted by Gasteiger charge is 2.39. The summed E-state index contributed by atoms with van der Waals surface area (Å²) in [5.74, 6) is -11.6. The van der Waals surface area contributed by atoms with Crippen LogP contribution < -0.4 is 9.05 Å². The number of carboxylic acids is 4. The van der Waals surface area contributed by atoms with Crippen LogP contribution in [-0.4, -0.2) is 49.2 Å². The van der Waals surface area contributed by atoms with Gasteiger partial charge < -0.3 is 29.5 Å². The van der Waals surface area contributed by atoms with Crippen LogP contribution in [0, 0.1) is 37.1 Å². The first kappa shape index (κ1) is 39.9. The SMILES string of the molecule is Cc1c(-c2cc(C(=O)O)cc(C(=O)O)c2)cc(-c2cc(F)cc(F)c2)c2c1-c1c(C)c(-c3cc(C(=O)O)cc(C(=O)O)c3)cc(-c3cc(F)cc(F)c3)c1OP(=O)(O)O2. The van der Waals surface area contributed by atoms with Crippen LogP contribution in [0.1, 0.15) is 52.6 Å². The molecule has 0 aromatic heterocycles. The van der Waals surface area contributed by atoms with Crippen LogP contribution >= 0.6 is 7.82 Å². The van der Waals surface area contributed by atoms with Gasteiger partial charge in [0.15, 0.2) is 0 Å². The van der Waals surface area contributed by atoms with E-state index in [1.807, 2.05) is 0 Å².